The molecule has 13 heavy (non-hydrogen) atoms. The lowest BCUT2D eigenvalue weighted by molar-refractivity contribution is 0.0688. The van der Waals surface area contributed by atoms with Gasteiger partial charge in [0.2, 0.25) is 0 Å². The summed E-state index contributed by atoms with van der Waals surface area (Å²) >= 11 is 5.61. The molecule has 0 spiro atoms. The molecule has 0 aliphatic carbocycles. The Morgan fingerprint density at radius 2 is 2.38 bits per heavy atom. The largest absolute Gasteiger partial charge is 0.476 e. The maximum absolute atomic E-state index is 10.7. The molecular formula is C7H4ClN3O2. The summed E-state index contributed by atoms with van der Waals surface area (Å²) in [6.45, 7) is 0. The summed E-state index contributed by atoms with van der Waals surface area (Å²) in [4.78, 5) is 14.5. The van der Waals surface area contributed by atoms with Crippen LogP contribution in [0.2, 0.25) is 5.15 Å². The lowest BCUT2D eigenvalue weighted by Crippen LogP contribution is -2.04. The Bertz CT molecular complexity index is 480. The van der Waals surface area contributed by atoms with Crippen LogP contribution in [0.1, 0.15) is 10.5 Å². The van der Waals surface area contributed by atoms with E-state index in [4.69, 9.17) is 16.7 Å². The highest BCUT2D eigenvalue weighted by Gasteiger charge is 2.17. The van der Waals surface area contributed by atoms with Crippen molar-refractivity contribution in [3.63, 3.8) is 0 Å². The summed E-state index contributed by atoms with van der Waals surface area (Å²) in [5.41, 5.74) is 0.308. The zero-order chi connectivity index (χ0) is 9.42. The summed E-state index contributed by atoms with van der Waals surface area (Å²) in [5.74, 6) is -1.14. The molecule has 0 amide bonds. The summed E-state index contributed by atoms with van der Waals surface area (Å²) in [6, 6.07) is 3.29. The molecule has 6 heteroatoms. The molecule has 1 N–H and O–H groups in total. The fraction of sp³-hybridized carbons (Fsp3) is 0. The van der Waals surface area contributed by atoms with Crippen LogP contribution >= 0.6 is 11.6 Å². The smallest absolute Gasteiger partial charge is 0.357 e. The first-order valence-electron chi connectivity index (χ1n) is 3.42. The number of aromatic carboxylic acids is 1. The number of nitrogens with zero attached hydrogens (tertiary/aromatic N) is 3. The number of halogens is 1. The minimum atomic E-state index is -1.14. The van der Waals surface area contributed by atoms with Crippen molar-refractivity contribution in [3.05, 3.63) is 29.2 Å². The minimum absolute atomic E-state index is 0.0498. The van der Waals surface area contributed by atoms with Crippen molar-refractivity contribution in [2.24, 2.45) is 0 Å². The van der Waals surface area contributed by atoms with Gasteiger partial charge in [0.25, 0.3) is 0 Å². The summed E-state index contributed by atoms with van der Waals surface area (Å²) < 4.78 is 1.19. The normalized spacial score (nSPS) is 10.5. The van der Waals surface area contributed by atoms with Gasteiger partial charge < -0.3 is 5.11 Å². The third-order valence-electron chi connectivity index (χ3n) is 1.55. The van der Waals surface area contributed by atoms with Crippen molar-refractivity contribution in [3.8, 4) is 0 Å². The first-order chi connectivity index (χ1) is 6.20. The van der Waals surface area contributed by atoms with Crippen molar-refractivity contribution >= 4 is 23.2 Å². The third-order valence-corrected chi connectivity index (χ3v) is 1.82. The molecule has 2 rings (SSSR count). The van der Waals surface area contributed by atoms with E-state index in [0.717, 1.165) is 0 Å². The second-order valence-corrected chi connectivity index (χ2v) is 2.71. The van der Waals surface area contributed by atoms with Crippen molar-refractivity contribution in [1.82, 2.24) is 14.6 Å². The molecule has 2 aromatic rings. The number of carboxylic acid groups (broad SMARTS) is 1. The number of carbonyl (C=O) groups is 1. The Morgan fingerprint density at radius 1 is 1.62 bits per heavy atom. The zero-order valence-corrected chi connectivity index (χ0v) is 7.06. The molecule has 0 aliphatic heterocycles. The van der Waals surface area contributed by atoms with E-state index in [-0.39, 0.29) is 10.8 Å². The van der Waals surface area contributed by atoms with Crippen LogP contribution in [0.4, 0.5) is 0 Å². The first kappa shape index (κ1) is 8.00. The number of hydrogen-bond donors (Lipinski definition) is 1. The van der Waals surface area contributed by atoms with Gasteiger partial charge in [-0.05, 0) is 12.1 Å². The van der Waals surface area contributed by atoms with E-state index in [9.17, 15) is 4.79 Å². The fourth-order valence-electron chi connectivity index (χ4n) is 1.04. The van der Waals surface area contributed by atoms with Gasteiger partial charge in [0.1, 0.15) is 0 Å². The van der Waals surface area contributed by atoms with E-state index in [1.807, 2.05) is 0 Å². The van der Waals surface area contributed by atoms with E-state index < -0.39 is 5.97 Å². The van der Waals surface area contributed by atoms with Crippen LogP contribution in [0.3, 0.4) is 0 Å². The summed E-state index contributed by atoms with van der Waals surface area (Å²) in [7, 11) is 0. The van der Waals surface area contributed by atoms with Gasteiger partial charge in [0.15, 0.2) is 16.5 Å². The quantitative estimate of drug-likeness (QED) is 0.743. The van der Waals surface area contributed by atoms with Gasteiger partial charge in [-0.2, -0.15) is 5.10 Å². The van der Waals surface area contributed by atoms with Crippen LogP contribution in [-0.2, 0) is 0 Å². The standard InChI is InChI=1S/C7H4ClN3O2/c8-6-5(7(12)13)11-4(10-6)2-1-3-9-11/h1-3H,(H,12,13). The number of carboxylic acids is 1. The maximum Gasteiger partial charge on any atom is 0.357 e. The molecule has 0 aliphatic rings. The molecule has 0 saturated heterocycles. The number of fused-ring (bicyclic) bond motifs is 1. The number of hydrogen-bond acceptors (Lipinski definition) is 3. The van der Waals surface area contributed by atoms with Gasteiger partial charge in [-0.1, -0.05) is 11.6 Å². The Kier molecular flexibility index (Phi) is 1.66. The molecule has 0 bridgehead atoms. The van der Waals surface area contributed by atoms with E-state index in [2.05, 4.69) is 10.1 Å². The molecule has 0 unspecified atom stereocenters. The van der Waals surface area contributed by atoms with Gasteiger partial charge in [0.05, 0.1) is 0 Å². The molecule has 0 radical (unpaired) electrons. The predicted octanol–water partition coefficient (Wildman–Crippen LogP) is 1.08. The minimum Gasteiger partial charge on any atom is -0.476 e. The van der Waals surface area contributed by atoms with Gasteiger partial charge >= 0.3 is 5.97 Å². The first-order valence-corrected chi connectivity index (χ1v) is 3.80. The van der Waals surface area contributed by atoms with Crippen molar-refractivity contribution in [1.29, 1.82) is 0 Å². The SMILES string of the molecule is O=C(O)c1c(Cl)nc2cccnn12. The van der Waals surface area contributed by atoms with Gasteiger partial charge in [-0.3, -0.25) is 0 Å². The third kappa shape index (κ3) is 1.13. The van der Waals surface area contributed by atoms with Crippen LogP contribution in [0.15, 0.2) is 18.3 Å². The molecule has 2 heterocycles. The Hall–Kier alpha value is -1.62. The zero-order valence-electron chi connectivity index (χ0n) is 6.31. The van der Waals surface area contributed by atoms with Crippen molar-refractivity contribution in [2.45, 2.75) is 0 Å². The predicted molar refractivity (Wildman–Crippen MR) is 45.0 cm³/mol. The molecule has 5 nitrogen and oxygen atoms in total. The second-order valence-electron chi connectivity index (χ2n) is 2.35. The monoisotopic (exact) mass is 197 g/mol. The molecule has 0 aromatic carbocycles. The van der Waals surface area contributed by atoms with E-state index >= 15 is 0 Å². The van der Waals surface area contributed by atoms with Gasteiger partial charge in [0, 0.05) is 6.20 Å². The fourth-order valence-corrected chi connectivity index (χ4v) is 1.29. The highest BCUT2D eigenvalue weighted by molar-refractivity contribution is 6.32. The molecule has 0 atom stereocenters. The molecule has 2 aromatic heterocycles. The number of aromatic nitrogens is 3. The van der Waals surface area contributed by atoms with Crippen LogP contribution in [0.25, 0.3) is 5.65 Å². The maximum atomic E-state index is 10.7. The van der Waals surface area contributed by atoms with Crippen LogP contribution in [-0.4, -0.2) is 25.7 Å². The average molecular weight is 198 g/mol. The highest BCUT2D eigenvalue weighted by Crippen LogP contribution is 2.15. The van der Waals surface area contributed by atoms with Crippen LogP contribution in [0, 0.1) is 0 Å². The second kappa shape index (κ2) is 2.70. The van der Waals surface area contributed by atoms with Gasteiger partial charge in [-0.15, -0.1) is 0 Å². The van der Waals surface area contributed by atoms with Gasteiger partial charge in [-0.25, -0.2) is 14.3 Å². The number of imidazole rings is 1. The van der Waals surface area contributed by atoms with Crippen molar-refractivity contribution in [2.75, 3.05) is 0 Å². The molecule has 0 saturated carbocycles. The lowest BCUT2D eigenvalue weighted by atomic mass is 10.5. The van der Waals surface area contributed by atoms with E-state index in [1.54, 1.807) is 12.1 Å². The summed E-state index contributed by atoms with van der Waals surface area (Å²) in [6.07, 6.45) is 1.47. The molecule has 0 fully saturated rings. The highest BCUT2D eigenvalue weighted by atomic mass is 35.5. The molecule has 66 valence electrons. The number of rotatable bonds is 1. The summed E-state index contributed by atoms with van der Waals surface area (Å²) in [5, 5.41) is 12.5. The Balaban J connectivity index is 2.86. The van der Waals surface area contributed by atoms with Crippen molar-refractivity contribution < 1.29 is 9.90 Å². The van der Waals surface area contributed by atoms with Crippen LogP contribution < -0.4 is 0 Å². The molecular weight excluding hydrogens is 194 g/mol. The average Bonchev–Trinajstić information content (AvgIpc) is 2.39. The van der Waals surface area contributed by atoms with E-state index in [0.29, 0.717) is 5.65 Å². The topological polar surface area (TPSA) is 67.5 Å². The Labute approximate surface area is 77.6 Å². The lowest BCUT2D eigenvalue weighted by Gasteiger charge is -1.92. The Morgan fingerprint density at radius 3 is 3.08 bits per heavy atom. The van der Waals surface area contributed by atoms with E-state index in [1.165, 1.54) is 10.7 Å². The van der Waals surface area contributed by atoms with Crippen LogP contribution in [0.5, 0.6) is 0 Å².